The van der Waals surface area contributed by atoms with E-state index in [1.165, 1.54) is 38.5 Å². The number of rotatable bonds is 9. The molecule has 0 heterocycles. The first-order valence-corrected chi connectivity index (χ1v) is 10.1. The van der Waals surface area contributed by atoms with E-state index >= 15 is 0 Å². The first-order valence-electron chi connectivity index (χ1n) is 8.72. The number of nitrogens with one attached hydrogen (secondary N) is 1. The zero-order chi connectivity index (χ0) is 15.0. The summed E-state index contributed by atoms with van der Waals surface area (Å²) >= 11 is 0. The fraction of sp³-hybridized carbons (Fsp3) is 1.00. The van der Waals surface area contributed by atoms with Gasteiger partial charge in [0.2, 0.25) is 0 Å². The van der Waals surface area contributed by atoms with E-state index in [0.717, 1.165) is 24.6 Å². The zero-order valence-electron chi connectivity index (χ0n) is 14.0. The van der Waals surface area contributed by atoms with Gasteiger partial charge in [-0.15, -0.1) is 0 Å². The van der Waals surface area contributed by atoms with Crippen LogP contribution < -0.4 is 5.32 Å². The smallest absolute Gasteiger partial charge is 0.0503 e. The van der Waals surface area contributed by atoms with Gasteiger partial charge in [-0.1, -0.05) is 47.0 Å². The molecule has 1 saturated carbocycles. The second kappa shape index (κ2) is 9.94. The average molecular weight is 302 g/mol. The maximum absolute atomic E-state index is 12.8. The zero-order valence-corrected chi connectivity index (χ0v) is 14.8. The van der Waals surface area contributed by atoms with Gasteiger partial charge >= 0.3 is 0 Å². The Labute approximate surface area is 128 Å². The highest BCUT2D eigenvalue weighted by atomic mass is 32.2. The molecule has 0 aliphatic heterocycles. The molecule has 0 aromatic heterocycles. The van der Waals surface area contributed by atoms with Crippen molar-refractivity contribution < 1.29 is 4.21 Å². The van der Waals surface area contributed by atoms with Gasteiger partial charge in [0, 0.05) is 22.6 Å². The topological polar surface area (TPSA) is 29.1 Å². The van der Waals surface area contributed by atoms with Crippen molar-refractivity contribution in [2.45, 2.75) is 83.9 Å². The van der Waals surface area contributed by atoms with Crippen LogP contribution >= 0.6 is 0 Å². The molecule has 0 aromatic carbocycles. The largest absolute Gasteiger partial charge is 0.313 e. The molecule has 120 valence electrons. The van der Waals surface area contributed by atoms with Crippen LogP contribution in [-0.2, 0) is 10.8 Å². The van der Waals surface area contributed by atoms with Crippen molar-refractivity contribution in [3.8, 4) is 0 Å². The lowest BCUT2D eigenvalue weighted by molar-refractivity contribution is 0.283. The molecule has 5 unspecified atom stereocenters. The Morgan fingerprint density at radius 3 is 2.55 bits per heavy atom. The van der Waals surface area contributed by atoms with Crippen LogP contribution in [-0.4, -0.2) is 27.8 Å². The van der Waals surface area contributed by atoms with Crippen LogP contribution in [0.25, 0.3) is 0 Å². The van der Waals surface area contributed by atoms with Crippen molar-refractivity contribution >= 4 is 10.8 Å². The minimum Gasteiger partial charge on any atom is -0.313 e. The van der Waals surface area contributed by atoms with Crippen molar-refractivity contribution in [2.75, 3.05) is 12.3 Å². The summed E-state index contributed by atoms with van der Waals surface area (Å²) in [4.78, 5) is 0. The normalized spacial score (nSPS) is 30.1. The quantitative estimate of drug-likeness (QED) is 0.694. The molecule has 20 heavy (non-hydrogen) atoms. The standard InChI is InChI=1S/C17H35NOS/c1-5-8-15-9-10-16(18-11-6-2)17(12-15)20(19)13-14(4)7-3/h14-18H,5-13H2,1-4H3. The van der Waals surface area contributed by atoms with Gasteiger partial charge in [-0.25, -0.2) is 0 Å². The molecule has 1 rings (SSSR count). The van der Waals surface area contributed by atoms with Crippen LogP contribution in [0, 0.1) is 11.8 Å². The Balaban J connectivity index is 2.62. The second-order valence-corrected chi connectivity index (χ2v) is 8.33. The van der Waals surface area contributed by atoms with Gasteiger partial charge in [0.25, 0.3) is 0 Å². The van der Waals surface area contributed by atoms with E-state index in [-0.39, 0.29) is 0 Å². The molecule has 0 amide bonds. The molecule has 0 bridgehead atoms. The molecular weight excluding hydrogens is 266 g/mol. The summed E-state index contributed by atoms with van der Waals surface area (Å²) in [7, 11) is -0.657. The minimum atomic E-state index is -0.657. The predicted molar refractivity (Wildman–Crippen MR) is 90.6 cm³/mol. The number of hydrogen-bond acceptors (Lipinski definition) is 2. The lowest BCUT2D eigenvalue weighted by Gasteiger charge is -2.36. The van der Waals surface area contributed by atoms with Gasteiger partial charge in [0.1, 0.15) is 0 Å². The van der Waals surface area contributed by atoms with Gasteiger partial charge in [-0.2, -0.15) is 0 Å². The van der Waals surface area contributed by atoms with Crippen molar-refractivity contribution in [1.29, 1.82) is 0 Å². The monoisotopic (exact) mass is 301 g/mol. The molecular formula is C17H35NOS. The van der Waals surface area contributed by atoms with Gasteiger partial charge in [0.15, 0.2) is 0 Å². The van der Waals surface area contributed by atoms with E-state index in [2.05, 4.69) is 33.0 Å². The Kier molecular flexibility index (Phi) is 9.03. The van der Waals surface area contributed by atoms with Crippen LogP contribution in [0.3, 0.4) is 0 Å². The van der Waals surface area contributed by atoms with Crippen molar-refractivity contribution in [2.24, 2.45) is 11.8 Å². The summed E-state index contributed by atoms with van der Waals surface area (Å²) < 4.78 is 12.8. The molecule has 0 spiro atoms. The molecule has 0 saturated heterocycles. The SMILES string of the molecule is CCCNC1CCC(CCC)CC1S(=O)CC(C)CC. The van der Waals surface area contributed by atoms with Crippen LogP contribution in [0.15, 0.2) is 0 Å². The summed E-state index contributed by atoms with van der Waals surface area (Å²) in [5.41, 5.74) is 0. The van der Waals surface area contributed by atoms with Crippen LogP contribution in [0.4, 0.5) is 0 Å². The third-order valence-corrected chi connectivity index (χ3v) is 6.83. The van der Waals surface area contributed by atoms with Crippen molar-refractivity contribution in [3.63, 3.8) is 0 Å². The van der Waals surface area contributed by atoms with Gasteiger partial charge in [0.05, 0.1) is 5.25 Å². The summed E-state index contributed by atoms with van der Waals surface area (Å²) in [5, 5.41) is 4.05. The van der Waals surface area contributed by atoms with E-state index in [1.807, 2.05) is 0 Å². The Morgan fingerprint density at radius 1 is 1.20 bits per heavy atom. The summed E-state index contributed by atoms with van der Waals surface area (Å²) in [6, 6.07) is 0.493. The highest BCUT2D eigenvalue weighted by Gasteiger charge is 2.33. The molecule has 0 aromatic rings. The lowest BCUT2D eigenvalue weighted by atomic mass is 9.83. The molecule has 2 nitrogen and oxygen atoms in total. The Hall–Kier alpha value is 0.110. The second-order valence-electron chi connectivity index (χ2n) is 6.63. The fourth-order valence-electron chi connectivity index (χ4n) is 3.26. The van der Waals surface area contributed by atoms with E-state index < -0.39 is 10.8 Å². The Morgan fingerprint density at radius 2 is 1.95 bits per heavy atom. The van der Waals surface area contributed by atoms with E-state index in [1.54, 1.807) is 0 Å². The summed E-state index contributed by atoms with van der Waals surface area (Å²) in [5.74, 6) is 2.30. The molecule has 5 atom stereocenters. The highest BCUT2D eigenvalue weighted by Crippen LogP contribution is 2.31. The third-order valence-electron chi connectivity index (χ3n) is 4.74. The molecule has 0 radical (unpaired) electrons. The summed E-state index contributed by atoms with van der Waals surface area (Å²) in [6.07, 6.45) is 8.62. The highest BCUT2D eigenvalue weighted by molar-refractivity contribution is 7.85. The first-order chi connectivity index (χ1) is 9.62. The van der Waals surface area contributed by atoms with Crippen molar-refractivity contribution in [1.82, 2.24) is 5.32 Å². The summed E-state index contributed by atoms with van der Waals surface area (Å²) in [6.45, 7) is 9.99. The Bertz CT molecular complexity index is 282. The maximum atomic E-state index is 12.8. The van der Waals surface area contributed by atoms with Crippen LogP contribution in [0.5, 0.6) is 0 Å². The molecule has 1 aliphatic carbocycles. The molecule has 1 fully saturated rings. The molecule has 1 N–H and O–H groups in total. The lowest BCUT2D eigenvalue weighted by Crippen LogP contribution is -2.47. The minimum absolute atomic E-state index is 0.390. The van der Waals surface area contributed by atoms with Gasteiger partial charge in [-0.3, -0.25) is 4.21 Å². The van der Waals surface area contributed by atoms with E-state index in [0.29, 0.717) is 17.2 Å². The van der Waals surface area contributed by atoms with Gasteiger partial charge < -0.3 is 5.32 Å². The van der Waals surface area contributed by atoms with E-state index in [4.69, 9.17) is 0 Å². The molecule has 3 heteroatoms. The molecule has 1 aliphatic rings. The average Bonchev–Trinajstić information content (AvgIpc) is 2.45. The predicted octanol–water partition coefficient (Wildman–Crippen LogP) is 4.12. The van der Waals surface area contributed by atoms with E-state index in [9.17, 15) is 4.21 Å². The van der Waals surface area contributed by atoms with Crippen LogP contribution in [0.1, 0.15) is 72.6 Å². The fourth-order valence-corrected chi connectivity index (χ4v) is 5.39. The van der Waals surface area contributed by atoms with Crippen molar-refractivity contribution in [3.05, 3.63) is 0 Å². The van der Waals surface area contributed by atoms with Gasteiger partial charge in [-0.05, 0) is 44.1 Å². The number of hydrogen-bond donors (Lipinski definition) is 1. The maximum Gasteiger partial charge on any atom is 0.0503 e. The first kappa shape index (κ1) is 18.2. The third kappa shape index (κ3) is 5.85. The van der Waals surface area contributed by atoms with Crippen LogP contribution in [0.2, 0.25) is 0 Å².